The predicted octanol–water partition coefficient (Wildman–Crippen LogP) is 1.42. The van der Waals surface area contributed by atoms with Crippen LogP contribution in [-0.2, 0) is 16.8 Å². The van der Waals surface area contributed by atoms with Crippen LogP contribution >= 0.6 is 0 Å². The third kappa shape index (κ3) is 4.86. The number of rotatable bonds is 9. The fourth-order valence-electron chi connectivity index (χ4n) is 1.96. The van der Waals surface area contributed by atoms with E-state index in [0.717, 1.165) is 12.0 Å². The molecule has 0 heterocycles. The Balaban J connectivity index is 2.88. The van der Waals surface area contributed by atoms with E-state index in [1.165, 1.54) is 8.61 Å². The van der Waals surface area contributed by atoms with Crippen LogP contribution in [0.15, 0.2) is 30.3 Å². The van der Waals surface area contributed by atoms with Gasteiger partial charge in [-0.3, -0.25) is 0 Å². The fourth-order valence-corrected chi connectivity index (χ4v) is 3.44. The van der Waals surface area contributed by atoms with Crippen molar-refractivity contribution in [2.75, 3.05) is 26.7 Å². The Morgan fingerprint density at radius 2 is 1.80 bits per heavy atom. The van der Waals surface area contributed by atoms with Gasteiger partial charge in [0.15, 0.2) is 0 Å². The fraction of sp³-hybridized carbons (Fsp3) is 0.571. The minimum absolute atomic E-state index is 0.386. The second kappa shape index (κ2) is 8.36. The Bertz CT molecular complexity index is 476. The molecule has 2 N–H and O–H groups in total. The molecular weight excluding hydrogens is 274 g/mol. The number of nitrogens with two attached hydrogens (primary N) is 1. The maximum absolute atomic E-state index is 12.5. The summed E-state index contributed by atoms with van der Waals surface area (Å²) in [5, 5.41) is 0. The SMILES string of the molecule is CCCN(C)S(=O)(=O)N(CCCN)Cc1ccccc1. The Kier molecular flexibility index (Phi) is 7.15. The topological polar surface area (TPSA) is 66.6 Å². The van der Waals surface area contributed by atoms with Crippen molar-refractivity contribution in [1.82, 2.24) is 8.61 Å². The molecule has 0 aliphatic rings. The summed E-state index contributed by atoms with van der Waals surface area (Å²) in [6.07, 6.45) is 1.46. The van der Waals surface area contributed by atoms with E-state index in [4.69, 9.17) is 5.73 Å². The van der Waals surface area contributed by atoms with Gasteiger partial charge in [0.05, 0.1) is 0 Å². The summed E-state index contributed by atoms with van der Waals surface area (Å²) in [4.78, 5) is 0. The maximum Gasteiger partial charge on any atom is 0.282 e. The summed E-state index contributed by atoms with van der Waals surface area (Å²) >= 11 is 0. The van der Waals surface area contributed by atoms with E-state index < -0.39 is 10.2 Å². The van der Waals surface area contributed by atoms with E-state index in [1.54, 1.807) is 7.05 Å². The van der Waals surface area contributed by atoms with E-state index in [-0.39, 0.29) is 0 Å². The quantitative estimate of drug-likeness (QED) is 0.750. The first-order valence-electron chi connectivity index (χ1n) is 6.97. The summed E-state index contributed by atoms with van der Waals surface area (Å²) in [5.74, 6) is 0. The Labute approximate surface area is 122 Å². The zero-order valence-electron chi connectivity index (χ0n) is 12.3. The molecule has 0 unspecified atom stereocenters. The Morgan fingerprint density at radius 3 is 2.35 bits per heavy atom. The molecule has 0 fully saturated rings. The summed E-state index contributed by atoms with van der Waals surface area (Å²) in [6, 6.07) is 9.62. The number of hydrogen-bond acceptors (Lipinski definition) is 3. The highest BCUT2D eigenvalue weighted by Crippen LogP contribution is 2.13. The highest BCUT2D eigenvalue weighted by Gasteiger charge is 2.25. The van der Waals surface area contributed by atoms with Crippen molar-refractivity contribution in [3.63, 3.8) is 0 Å². The van der Waals surface area contributed by atoms with Gasteiger partial charge in [-0.2, -0.15) is 17.0 Å². The molecule has 0 amide bonds. The van der Waals surface area contributed by atoms with Crippen LogP contribution in [0.4, 0.5) is 0 Å². The van der Waals surface area contributed by atoms with Gasteiger partial charge in [0.2, 0.25) is 0 Å². The lowest BCUT2D eigenvalue weighted by Gasteiger charge is -2.27. The van der Waals surface area contributed by atoms with Crippen molar-refractivity contribution in [3.05, 3.63) is 35.9 Å². The Morgan fingerprint density at radius 1 is 1.15 bits per heavy atom. The van der Waals surface area contributed by atoms with Crippen LogP contribution in [0.3, 0.4) is 0 Å². The lowest BCUT2D eigenvalue weighted by atomic mass is 10.2. The van der Waals surface area contributed by atoms with Crippen molar-refractivity contribution in [3.8, 4) is 0 Å². The smallest absolute Gasteiger partial charge is 0.282 e. The van der Waals surface area contributed by atoms with Gasteiger partial charge in [0.25, 0.3) is 10.2 Å². The van der Waals surface area contributed by atoms with Gasteiger partial charge in [-0.25, -0.2) is 0 Å². The second-order valence-electron chi connectivity index (χ2n) is 4.79. The molecule has 0 aliphatic heterocycles. The van der Waals surface area contributed by atoms with Crippen molar-refractivity contribution >= 4 is 10.2 Å². The van der Waals surface area contributed by atoms with E-state index in [2.05, 4.69) is 0 Å². The monoisotopic (exact) mass is 299 g/mol. The van der Waals surface area contributed by atoms with Crippen LogP contribution in [0.1, 0.15) is 25.3 Å². The second-order valence-corrected chi connectivity index (χ2v) is 6.83. The van der Waals surface area contributed by atoms with E-state index in [0.29, 0.717) is 32.6 Å². The third-order valence-electron chi connectivity index (χ3n) is 3.07. The predicted molar refractivity (Wildman–Crippen MR) is 82.4 cm³/mol. The molecule has 0 spiro atoms. The van der Waals surface area contributed by atoms with Crippen molar-refractivity contribution in [1.29, 1.82) is 0 Å². The van der Waals surface area contributed by atoms with Crippen LogP contribution in [-0.4, -0.2) is 43.7 Å². The lowest BCUT2D eigenvalue weighted by molar-refractivity contribution is 0.351. The van der Waals surface area contributed by atoms with Crippen LogP contribution in [0.25, 0.3) is 0 Å². The molecule has 1 rings (SSSR count). The first-order chi connectivity index (χ1) is 9.52. The molecule has 114 valence electrons. The maximum atomic E-state index is 12.5. The lowest BCUT2D eigenvalue weighted by Crippen LogP contribution is -2.42. The minimum Gasteiger partial charge on any atom is -0.330 e. The molecule has 0 saturated heterocycles. The van der Waals surface area contributed by atoms with Crippen molar-refractivity contribution in [2.45, 2.75) is 26.3 Å². The van der Waals surface area contributed by atoms with E-state index in [1.807, 2.05) is 37.3 Å². The minimum atomic E-state index is -3.42. The molecule has 0 bridgehead atoms. The van der Waals surface area contributed by atoms with Crippen molar-refractivity contribution < 1.29 is 8.42 Å². The summed E-state index contributed by atoms with van der Waals surface area (Å²) in [7, 11) is -1.80. The summed E-state index contributed by atoms with van der Waals surface area (Å²) in [6.45, 7) is 3.81. The molecule has 5 nitrogen and oxygen atoms in total. The molecule has 6 heteroatoms. The van der Waals surface area contributed by atoms with Gasteiger partial charge in [0, 0.05) is 26.7 Å². The molecule has 0 radical (unpaired) electrons. The highest BCUT2D eigenvalue weighted by atomic mass is 32.2. The van der Waals surface area contributed by atoms with Crippen LogP contribution in [0.2, 0.25) is 0 Å². The van der Waals surface area contributed by atoms with Gasteiger partial charge in [-0.15, -0.1) is 0 Å². The first kappa shape index (κ1) is 17.1. The number of hydrogen-bond donors (Lipinski definition) is 1. The molecule has 0 atom stereocenters. The van der Waals surface area contributed by atoms with Crippen LogP contribution in [0, 0.1) is 0 Å². The van der Waals surface area contributed by atoms with Gasteiger partial charge in [0.1, 0.15) is 0 Å². The van der Waals surface area contributed by atoms with E-state index >= 15 is 0 Å². The molecular formula is C14H25N3O2S. The van der Waals surface area contributed by atoms with E-state index in [9.17, 15) is 8.42 Å². The van der Waals surface area contributed by atoms with Crippen LogP contribution in [0.5, 0.6) is 0 Å². The van der Waals surface area contributed by atoms with Gasteiger partial charge < -0.3 is 5.73 Å². The normalized spacial score (nSPS) is 12.2. The third-order valence-corrected chi connectivity index (χ3v) is 5.01. The molecule has 0 aliphatic carbocycles. The molecule has 20 heavy (non-hydrogen) atoms. The average Bonchev–Trinajstić information content (AvgIpc) is 2.44. The van der Waals surface area contributed by atoms with Crippen molar-refractivity contribution in [2.24, 2.45) is 5.73 Å². The zero-order valence-corrected chi connectivity index (χ0v) is 13.1. The summed E-state index contributed by atoms with van der Waals surface area (Å²) < 4.78 is 28.0. The van der Waals surface area contributed by atoms with Crippen LogP contribution < -0.4 is 5.73 Å². The largest absolute Gasteiger partial charge is 0.330 e. The molecule has 1 aromatic rings. The number of benzene rings is 1. The molecule has 1 aromatic carbocycles. The first-order valence-corrected chi connectivity index (χ1v) is 8.37. The average molecular weight is 299 g/mol. The molecule has 0 saturated carbocycles. The Hall–Kier alpha value is -0.950. The van der Waals surface area contributed by atoms with Gasteiger partial charge in [-0.05, 0) is 24.9 Å². The molecule has 0 aromatic heterocycles. The zero-order chi connectivity index (χ0) is 15.0. The highest BCUT2D eigenvalue weighted by molar-refractivity contribution is 7.86. The number of nitrogens with zero attached hydrogens (tertiary/aromatic N) is 2. The van der Waals surface area contributed by atoms with Gasteiger partial charge in [-0.1, -0.05) is 37.3 Å². The standard InChI is InChI=1S/C14H25N3O2S/c1-3-11-16(2)20(18,19)17(12-7-10-15)13-14-8-5-4-6-9-14/h4-6,8-9H,3,7,10-13,15H2,1-2H3. The van der Waals surface area contributed by atoms with Gasteiger partial charge >= 0.3 is 0 Å². The summed E-state index contributed by atoms with van der Waals surface area (Å²) in [5.41, 5.74) is 6.50.